The molecule has 16 heavy (non-hydrogen) atoms. The van der Waals surface area contributed by atoms with Crippen LogP contribution >= 0.6 is 0 Å². The fraction of sp³-hybridized carbons (Fsp3) is 0.929. The Kier molecular flexibility index (Phi) is 4.38. The average Bonchev–Trinajstić information content (AvgIpc) is 2.20. The number of hydrogen-bond donors (Lipinski definition) is 1. The lowest BCUT2D eigenvalue weighted by atomic mass is 9.75. The molecular formula is C14H26N2. The Morgan fingerprint density at radius 1 is 1.31 bits per heavy atom. The molecule has 1 saturated carbocycles. The molecule has 2 heteroatoms. The molecule has 0 aromatic rings. The molecule has 0 aromatic heterocycles. The van der Waals surface area contributed by atoms with E-state index in [1.807, 2.05) is 13.8 Å². The maximum atomic E-state index is 8.92. The first-order valence-corrected chi connectivity index (χ1v) is 6.49. The van der Waals surface area contributed by atoms with Gasteiger partial charge in [0, 0.05) is 6.04 Å². The predicted octanol–water partition coefficient (Wildman–Crippen LogP) is 3.48. The molecule has 0 bridgehead atoms. The number of hydrogen-bond acceptors (Lipinski definition) is 2. The Balaban J connectivity index is 2.19. The number of nitriles is 1. The van der Waals surface area contributed by atoms with Crippen LogP contribution in [0.25, 0.3) is 0 Å². The van der Waals surface area contributed by atoms with E-state index in [9.17, 15) is 0 Å². The summed E-state index contributed by atoms with van der Waals surface area (Å²) >= 11 is 0. The maximum absolute atomic E-state index is 8.92. The quantitative estimate of drug-likeness (QED) is 0.790. The molecule has 1 fully saturated rings. The molecule has 1 N–H and O–H groups in total. The second kappa shape index (κ2) is 5.19. The zero-order valence-corrected chi connectivity index (χ0v) is 11.3. The standard InChI is InChI=1S/C14H26N2/c1-13(2)7-5-12(6-8-13)16-10-9-14(3,4)11-15/h12,16H,5-10H2,1-4H3. The molecule has 2 nitrogen and oxygen atoms in total. The highest BCUT2D eigenvalue weighted by molar-refractivity contribution is 4.92. The van der Waals surface area contributed by atoms with Crippen molar-refractivity contribution < 1.29 is 0 Å². The third-order valence-corrected chi connectivity index (χ3v) is 3.82. The van der Waals surface area contributed by atoms with Crippen LogP contribution in [0, 0.1) is 22.2 Å². The van der Waals surface area contributed by atoms with E-state index in [4.69, 9.17) is 5.26 Å². The minimum absolute atomic E-state index is 0.180. The van der Waals surface area contributed by atoms with E-state index in [0.717, 1.165) is 13.0 Å². The van der Waals surface area contributed by atoms with Gasteiger partial charge in [-0.05, 0) is 57.9 Å². The fourth-order valence-electron chi connectivity index (χ4n) is 2.25. The molecule has 0 heterocycles. The third kappa shape index (κ3) is 4.53. The molecule has 1 rings (SSSR count). The summed E-state index contributed by atoms with van der Waals surface area (Å²) in [6, 6.07) is 3.04. The van der Waals surface area contributed by atoms with E-state index in [-0.39, 0.29) is 5.41 Å². The molecular weight excluding hydrogens is 196 g/mol. The summed E-state index contributed by atoms with van der Waals surface area (Å²) in [6.45, 7) is 9.73. The van der Waals surface area contributed by atoms with Gasteiger partial charge in [0.2, 0.25) is 0 Å². The van der Waals surface area contributed by atoms with Crippen molar-refractivity contribution in [3.8, 4) is 6.07 Å². The molecule has 0 saturated heterocycles. The predicted molar refractivity (Wildman–Crippen MR) is 68.1 cm³/mol. The van der Waals surface area contributed by atoms with Crippen LogP contribution in [-0.4, -0.2) is 12.6 Å². The lowest BCUT2D eigenvalue weighted by Crippen LogP contribution is -2.37. The number of rotatable bonds is 4. The second-order valence-corrected chi connectivity index (χ2v) is 6.64. The summed E-state index contributed by atoms with van der Waals surface area (Å²) in [4.78, 5) is 0. The first-order valence-electron chi connectivity index (χ1n) is 6.49. The van der Waals surface area contributed by atoms with Gasteiger partial charge in [0.25, 0.3) is 0 Å². The summed E-state index contributed by atoms with van der Waals surface area (Å²) in [5, 5.41) is 12.5. The highest BCUT2D eigenvalue weighted by atomic mass is 14.9. The van der Waals surface area contributed by atoms with Gasteiger partial charge < -0.3 is 5.32 Å². The molecule has 0 atom stereocenters. The maximum Gasteiger partial charge on any atom is 0.0684 e. The van der Waals surface area contributed by atoms with Gasteiger partial charge >= 0.3 is 0 Å². The van der Waals surface area contributed by atoms with Crippen LogP contribution in [0.3, 0.4) is 0 Å². The van der Waals surface area contributed by atoms with E-state index in [1.165, 1.54) is 25.7 Å². The van der Waals surface area contributed by atoms with E-state index < -0.39 is 0 Å². The highest BCUT2D eigenvalue weighted by Gasteiger charge is 2.26. The minimum atomic E-state index is -0.180. The Labute approximate surface area is 100 Å². The van der Waals surface area contributed by atoms with Gasteiger partial charge in [0.05, 0.1) is 11.5 Å². The van der Waals surface area contributed by atoms with Crippen LogP contribution in [0.1, 0.15) is 59.8 Å². The SMILES string of the molecule is CC(C)(C#N)CCNC1CCC(C)(C)CC1. The zero-order valence-electron chi connectivity index (χ0n) is 11.3. The summed E-state index contributed by atoms with van der Waals surface area (Å²) in [7, 11) is 0. The first kappa shape index (κ1) is 13.5. The first-order chi connectivity index (χ1) is 7.35. The summed E-state index contributed by atoms with van der Waals surface area (Å²) in [5.41, 5.74) is 0.366. The summed E-state index contributed by atoms with van der Waals surface area (Å²) in [5.74, 6) is 0. The molecule has 92 valence electrons. The lowest BCUT2D eigenvalue weighted by molar-refractivity contribution is 0.204. The minimum Gasteiger partial charge on any atom is -0.314 e. The van der Waals surface area contributed by atoms with Gasteiger partial charge in [0.1, 0.15) is 0 Å². The highest BCUT2D eigenvalue weighted by Crippen LogP contribution is 2.35. The van der Waals surface area contributed by atoms with Crippen molar-refractivity contribution in [2.45, 2.75) is 65.8 Å². The van der Waals surface area contributed by atoms with E-state index in [0.29, 0.717) is 11.5 Å². The topological polar surface area (TPSA) is 35.8 Å². The second-order valence-electron chi connectivity index (χ2n) is 6.64. The van der Waals surface area contributed by atoms with E-state index >= 15 is 0 Å². The fourth-order valence-corrected chi connectivity index (χ4v) is 2.25. The third-order valence-electron chi connectivity index (χ3n) is 3.82. The van der Waals surface area contributed by atoms with Crippen molar-refractivity contribution in [2.75, 3.05) is 6.54 Å². The van der Waals surface area contributed by atoms with Crippen LogP contribution in [0.4, 0.5) is 0 Å². The molecule has 0 amide bonds. The molecule has 1 aliphatic rings. The van der Waals surface area contributed by atoms with Crippen LogP contribution in [0.15, 0.2) is 0 Å². The monoisotopic (exact) mass is 222 g/mol. The van der Waals surface area contributed by atoms with Crippen LogP contribution in [-0.2, 0) is 0 Å². The normalized spacial score (nSPS) is 21.7. The van der Waals surface area contributed by atoms with Crippen molar-refractivity contribution in [1.29, 1.82) is 5.26 Å². The average molecular weight is 222 g/mol. The molecule has 1 aliphatic carbocycles. The molecule has 0 aliphatic heterocycles. The van der Waals surface area contributed by atoms with Gasteiger partial charge in [-0.2, -0.15) is 5.26 Å². The van der Waals surface area contributed by atoms with Crippen molar-refractivity contribution >= 4 is 0 Å². The lowest BCUT2D eigenvalue weighted by Gasteiger charge is -2.35. The summed E-state index contributed by atoms with van der Waals surface area (Å²) < 4.78 is 0. The van der Waals surface area contributed by atoms with Crippen molar-refractivity contribution in [1.82, 2.24) is 5.32 Å². The van der Waals surface area contributed by atoms with Gasteiger partial charge in [-0.3, -0.25) is 0 Å². The van der Waals surface area contributed by atoms with Crippen molar-refractivity contribution in [3.05, 3.63) is 0 Å². The Hall–Kier alpha value is -0.550. The Morgan fingerprint density at radius 3 is 2.38 bits per heavy atom. The van der Waals surface area contributed by atoms with Gasteiger partial charge in [-0.25, -0.2) is 0 Å². The molecule has 0 aromatic carbocycles. The van der Waals surface area contributed by atoms with E-state index in [1.54, 1.807) is 0 Å². The largest absolute Gasteiger partial charge is 0.314 e. The number of nitrogens with one attached hydrogen (secondary N) is 1. The smallest absolute Gasteiger partial charge is 0.0684 e. The van der Waals surface area contributed by atoms with E-state index in [2.05, 4.69) is 25.2 Å². The van der Waals surface area contributed by atoms with Crippen LogP contribution < -0.4 is 5.32 Å². The Morgan fingerprint density at radius 2 is 1.88 bits per heavy atom. The zero-order chi connectivity index (χ0) is 12.2. The van der Waals surface area contributed by atoms with Crippen LogP contribution in [0.5, 0.6) is 0 Å². The van der Waals surface area contributed by atoms with Crippen molar-refractivity contribution in [2.24, 2.45) is 10.8 Å². The molecule has 0 radical (unpaired) electrons. The van der Waals surface area contributed by atoms with Gasteiger partial charge in [-0.1, -0.05) is 13.8 Å². The molecule has 0 unspecified atom stereocenters. The van der Waals surface area contributed by atoms with Gasteiger partial charge in [-0.15, -0.1) is 0 Å². The van der Waals surface area contributed by atoms with Crippen molar-refractivity contribution in [3.63, 3.8) is 0 Å². The van der Waals surface area contributed by atoms with Crippen LogP contribution in [0.2, 0.25) is 0 Å². The molecule has 0 spiro atoms. The number of nitrogens with zero attached hydrogens (tertiary/aromatic N) is 1. The van der Waals surface area contributed by atoms with Gasteiger partial charge in [0.15, 0.2) is 0 Å². The summed E-state index contributed by atoms with van der Waals surface area (Å²) in [6.07, 6.45) is 6.18. The Bertz CT molecular complexity index is 250.